The largest absolute Gasteiger partial charge is 0.0925 e. The molecule has 0 unspecified atom stereocenters. The van der Waals surface area contributed by atoms with Crippen LogP contribution in [-0.4, -0.2) is 5.33 Å². The topological polar surface area (TPSA) is 0 Å². The summed E-state index contributed by atoms with van der Waals surface area (Å²) in [5.41, 5.74) is 0. The second-order valence-electron chi connectivity index (χ2n) is 1.94. The van der Waals surface area contributed by atoms with Gasteiger partial charge in [0.25, 0.3) is 0 Å². The number of halogens is 1. The van der Waals surface area contributed by atoms with Crippen LogP contribution in [0.2, 0.25) is 0 Å². The van der Waals surface area contributed by atoms with E-state index in [1.165, 1.54) is 25.7 Å². The lowest BCUT2D eigenvalue weighted by molar-refractivity contribution is 0.712. The lowest BCUT2D eigenvalue weighted by Gasteiger charge is -1.92. The van der Waals surface area contributed by atoms with Crippen molar-refractivity contribution in [3.8, 4) is 0 Å². The molecule has 0 bridgehead atoms. The summed E-state index contributed by atoms with van der Waals surface area (Å²) >= 11 is 3.35. The Morgan fingerprint density at radius 3 is 2.62 bits per heavy atom. The third-order valence-corrected chi connectivity index (χ3v) is 1.58. The van der Waals surface area contributed by atoms with Crippen molar-refractivity contribution in [1.29, 1.82) is 0 Å². The first-order chi connectivity index (χ1) is 3.91. The van der Waals surface area contributed by atoms with E-state index in [1.54, 1.807) is 0 Å². The summed E-state index contributed by atoms with van der Waals surface area (Å²) in [6, 6.07) is 0. The summed E-state index contributed by atoms with van der Waals surface area (Å²) in [6.45, 7) is 2.23. The first-order valence-corrected chi connectivity index (χ1v) is 4.41. The van der Waals surface area contributed by atoms with Crippen LogP contribution < -0.4 is 0 Å². The van der Waals surface area contributed by atoms with Crippen LogP contribution in [0.4, 0.5) is 0 Å². The number of hydrogen-bond donors (Lipinski definition) is 0. The van der Waals surface area contributed by atoms with Gasteiger partial charge >= 0.3 is 0 Å². The maximum absolute atomic E-state index is 3.35. The molecule has 0 nitrogen and oxygen atoms in total. The van der Waals surface area contributed by atoms with E-state index in [2.05, 4.69) is 29.3 Å². The van der Waals surface area contributed by atoms with Gasteiger partial charge in [0, 0.05) is 5.33 Å². The predicted octanol–water partition coefficient (Wildman–Crippen LogP) is 3.17. The molecular weight excluding hydrogens is 164 g/mol. The maximum Gasteiger partial charge on any atom is 0.00626 e. The predicted molar refractivity (Wildman–Crippen MR) is 42.2 cm³/mol. The van der Waals surface area contributed by atoms with Crippen LogP contribution in [0.25, 0.3) is 0 Å². The minimum Gasteiger partial charge on any atom is -0.0925 e. The average Bonchev–Trinajstić information content (AvgIpc) is 1.81. The van der Waals surface area contributed by atoms with Crippen molar-refractivity contribution < 1.29 is 0 Å². The van der Waals surface area contributed by atoms with E-state index in [0.717, 1.165) is 5.33 Å². The molecule has 0 rings (SSSR count). The zero-order chi connectivity index (χ0) is 6.24. The Hall–Kier alpha value is 0.480. The lowest BCUT2D eigenvalue weighted by atomic mass is 10.2. The summed E-state index contributed by atoms with van der Waals surface area (Å²) in [6.07, 6.45) is 7.62. The number of unbranched alkanes of at least 4 members (excludes halogenated alkanes) is 4. The average molecular weight is 178 g/mol. The van der Waals surface area contributed by atoms with Crippen molar-refractivity contribution in [2.24, 2.45) is 0 Å². The van der Waals surface area contributed by atoms with Crippen molar-refractivity contribution in [2.75, 3.05) is 5.33 Å². The van der Waals surface area contributed by atoms with Crippen LogP contribution in [0.5, 0.6) is 0 Å². The van der Waals surface area contributed by atoms with Gasteiger partial charge in [-0.05, 0) is 12.8 Å². The highest BCUT2D eigenvalue weighted by molar-refractivity contribution is 9.09. The number of alkyl halides is 1. The van der Waals surface area contributed by atoms with Crippen LogP contribution >= 0.6 is 15.9 Å². The lowest BCUT2D eigenvalue weighted by Crippen LogP contribution is -1.77. The Labute approximate surface area is 60.8 Å². The van der Waals surface area contributed by atoms with Crippen LogP contribution in [0.15, 0.2) is 0 Å². The Bertz CT molecular complexity index is 29.4. The molecule has 0 aliphatic rings. The molecule has 1 heteroatoms. The summed E-state index contributed by atoms with van der Waals surface area (Å²) in [5.74, 6) is 0. The molecule has 0 aromatic rings. The van der Waals surface area contributed by atoms with Gasteiger partial charge in [0.2, 0.25) is 0 Å². The zero-order valence-electron chi connectivity index (χ0n) is 5.49. The molecule has 0 aromatic heterocycles. The second kappa shape index (κ2) is 7.48. The van der Waals surface area contributed by atoms with E-state index in [9.17, 15) is 0 Å². The van der Waals surface area contributed by atoms with Gasteiger partial charge in [-0.15, -0.1) is 0 Å². The number of rotatable bonds is 5. The first-order valence-electron chi connectivity index (χ1n) is 3.29. The van der Waals surface area contributed by atoms with Crippen molar-refractivity contribution in [3.05, 3.63) is 6.42 Å². The van der Waals surface area contributed by atoms with E-state index in [4.69, 9.17) is 0 Å². The Balaban J connectivity index is 2.53. The Kier molecular flexibility index (Phi) is 7.93. The highest BCUT2D eigenvalue weighted by atomic mass is 79.9. The van der Waals surface area contributed by atoms with E-state index < -0.39 is 0 Å². The van der Waals surface area contributed by atoms with Gasteiger partial charge in [0.05, 0.1) is 0 Å². The van der Waals surface area contributed by atoms with E-state index in [0.29, 0.717) is 0 Å². The summed E-state index contributed by atoms with van der Waals surface area (Å²) in [4.78, 5) is 0. The van der Waals surface area contributed by atoms with Gasteiger partial charge in [-0.1, -0.05) is 42.1 Å². The monoisotopic (exact) mass is 177 g/mol. The molecule has 49 valence electrons. The van der Waals surface area contributed by atoms with E-state index in [-0.39, 0.29) is 0 Å². The van der Waals surface area contributed by atoms with Gasteiger partial charge in [0.1, 0.15) is 0 Å². The first kappa shape index (κ1) is 8.48. The normalized spacial score (nSPS) is 9.75. The molecule has 0 saturated heterocycles. The van der Waals surface area contributed by atoms with Gasteiger partial charge < -0.3 is 0 Å². The smallest absolute Gasteiger partial charge is 0.00626 e. The third kappa shape index (κ3) is 6.48. The molecule has 0 aromatic carbocycles. The second-order valence-corrected chi connectivity index (χ2v) is 2.59. The van der Waals surface area contributed by atoms with E-state index >= 15 is 0 Å². The molecule has 0 aliphatic carbocycles. The summed E-state index contributed by atoms with van der Waals surface area (Å²) < 4.78 is 0. The molecule has 0 atom stereocenters. The fourth-order valence-electron chi connectivity index (χ4n) is 0.616. The highest BCUT2D eigenvalue weighted by Crippen LogP contribution is 2.02. The molecule has 0 fully saturated rings. The summed E-state index contributed by atoms with van der Waals surface area (Å²) in [5, 5.41) is 1.05. The molecule has 8 heavy (non-hydrogen) atoms. The van der Waals surface area contributed by atoms with Crippen molar-refractivity contribution in [3.63, 3.8) is 0 Å². The van der Waals surface area contributed by atoms with Crippen LogP contribution in [0.3, 0.4) is 0 Å². The SMILES string of the molecule is CCCCC[CH]CBr. The van der Waals surface area contributed by atoms with Gasteiger partial charge in [-0.2, -0.15) is 0 Å². The fourth-order valence-corrected chi connectivity index (χ4v) is 0.940. The van der Waals surface area contributed by atoms with Gasteiger partial charge in [0.15, 0.2) is 0 Å². The third-order valence-electron chi connectivity index (χ3n) is 1.12. The standard InChI is InChI=1S/C7H14Br/c1-2-3-4-5-6-7-8/h6H,2-5,7H2,1H3. The van der Waals surface area contributed by atoms with Crippen molar-refractivity contribution >= 4 is 15.9 Å². The molecular formula is C7H14Br. The van der Waals surface area contributed by atoms with Crippen LogP contribution in [-0.2, 0) is 0 Å². The molecule has 0 amide bonds. The molecule has 0 spiro atoms. The fraction of sp³-hybridized carbons (Fsp3) is 0.857. The van der Waals surface area contributed by atoms with E-state index in [1.807, 2.05) is 0 Å². The van der Waals surface area contributed by atoms with Crippen molar-refractivity contribution in [1.82, 2.24) is 0 Å². The minimum absolute atomic E-state index is 1.05. The molecule has 0 heterocycles. The van der Waals surface area contributed by atoms with Crippen LogP contribution in [0.1, 0.15) is 32.6 Å². The maximum atomic E-state index is 3.35. The highest BCUT2D eigenvalue weighted by Gasteiger charge is 1.84. The quantitative estimate of drug-likeness (QED) is 0.448. The molecule has 0 aliphatic heterocycles. The van der Waals surface area contributed by atoms with Gasteiger partial charge in [-0.3, -0.25) is 0 Å². The van der Waals surface area contributed by atoms with Crippen molar-refractivity contribution in [2.45, 2.75) is 32.6 Å². The molecule has 0 saturated carbocycles. The summed E-state index contributed by atoms with van der Waals surface area (Å²) in [7, 11) is 0. The Morgan fingerprint density at radius 1 is 1.38 bits per heavy atom. The number of hydrogen-bond acceptors (Lipinski definition) is 0. The minimum atomic E-state index is 1.05. The van der Waals surface area contributed by atoms with Crippen LogP contribution in [0, 0.1) is 6.42 Å². The molecule has 0 N–H and O–H groups in total. The van der Waals surface area contributed by atoms with Gasteiger partial charge in [-0.25, -0.2) is 0 Å². The molecule has 1 radical (unpaired) electrons. The Morgan fingerprint density at radius 2 is 2.12 bits per heavy atom. The zero-order valence-corrected chi connectivity index (χ0v) is 7.08.